The van der Waals surface area contributed by atoms with Crippen molar-refractivity contribution < 1.29 is 12.8 Å². The highest BCUT2D eigenvalue weighted by molar-refractivity contribution is 7.89. The molecular weight excluding hydrogens is 490 g/mol. The van der Waals surface area contributed by atoms with Crippen LogP contribution in [0.2, 0.25) is 0 Å². The third-order valence-electron chi connectivity index (χ3n) is 7.24. The number of aromatic nitrogens is 3. The van der Waals surface area contributed by atoms with Crippen LogP contribution in [-0.2, 0) is 10.0 Å². The molecule has 6 rings (SSSR count). The zero-order valence-electron chi connectivity index (χ0n) is 20.5. The fourth-order valence-electron chi connectivity index (χ4n) is 5.15. The second-order valence-electron chi connectivity index (χ2n) is 9.85. The number of nitrogens with one attached hydrogen (secondary N) is 2. The molecule has 0 radical (unpaired) electrons. The highest BCUT2D eigenvalue weighted by Crippen LogP contribution is 2.30. The van der Waals surface area contributed by atoms with Crippen LogP contribution in [0.15, 0.2) is 64.4 Å². The van der Waals surface area contributed by atoms with Crippen molar-refractivity contribution in [3.05, 3.63) is 55.1 Å². The van der Waals surface area contributed by atoms with Crippen LogP contribution >= 0.6 is 0 Å². The van der Waals surface area contributed by atoms with Gasteiger partial charge in [-0.25, -0.2) is 17.9 Å². The molecular formula is C26H31N7O3S. The molecule has 0 atom stereocenters. The number of hydrogen-bond donors (Lipinski definition) is 3. The Morgan fingerprint density at radius 3 is 2.49 bits per heavy atom. The van der Waals surface area contributed by atoms with Crippen LogP contribution in [0.1, 0.15) is 38.5 Å². The second kappa shape index (κ2) is 9.81. The molecule has 1 aliphatic heterocycles. The van der Waals surface area contributed by atoms with E-state index in [1.54, 1.807) is 51.8 Å². The maximum Gasteiger partial charge on any atom is 0.243 e. The standard InChI is InChI=1S/C26H31N7O3S/c27-19-3-5-21(6-4-19)30-25-15-23(26-28-16-24(33(26)31-25)18-11-14-36-17-18)29-20-7-9-22(10-8-20)37(34,35)32-12-1-2-13-32/h7-11,14-17,19,21,29H,1-6,12-13,27H2,(H,30,31). The van der Waals surface area contributed by atoms with Crippen molar-refractivity contribution in [3.63, 3.8) is 0 Å². The van der Waals surface area contributed by atoms with Gasteiger partial charge in [-0.2, -0.15) is 4.31 Å². The van der Waals surface area contributed by atoms with E-state index in [2.05, 4.69) is 15.6 Å². The highest BCUT2D eigenvalue weighted by Gasteiger charge is 2.27. The molecule has 0 amide bonds. The molecule has 1 saturated carbocycles. The Hall–Kier alpha value is -3.41. The highest BCUT2D eigenvalue weighted by atomic mass is 32.2. The van der Waals surface area contributed by atoms with Gasteiger partial charge in [-0.1, -0.05) is 0 Å². The number of sulfonamides is 1. The van der Waals surface area contributed by atoms with E-state index in [1.807, 2.05) is 12.1 Å². The summed E-state index contributed by atoms with van der Waals surface area (Å²) < 4.78 is 34.5. The third kappa shape index (κ3) is 4.81. The Labute approximate surface area is 215 Å². The summed E-state index contributed by atoms with van der Waals surface area (Å²) >= 11 is 0. The van der Waals surface area contributed by atoms with E-state index < -0.39 is 10.0 Å². The summed E-state index contributed by atoms with van der Waals surface area (Å²) in [5.41, 5.74) is 9.96. The molecule has 2 aliphatic rings. The van der Waals surface area contributed by atoms with Crippen LogP contribution in [0.25, 0.3) is 16.9 Å². The molecule has 2 fully saturated rings. The van der Waals surface area contributed by atoms with Gasteiger partial charge in [0.15, 0.2) is 5.65 Å². The van der Waals surface area contributed by atoms with Gasteiger partial charge in [0.1, 0.15) is 5.82 Å². The van der Waals surface area contributed by atoms with E-state index in [-0.39, 0.29) is 6.04 Å². The van der Waals surface area contributed by atoms with Crippen molar-refractivity contribution in [2.24, 2.45) is 5.73 Å². The van der Waals surface area contributed by atoms with E-state index in [0.717, 1.165) is 67.0 Å². The predicted molar refractivity (Wildman–Crippen MR) is 142 cm³/mol. The van der Waals surface area contributed by atoms with Gasteiger partial charge in [0.2, 0.25) is 10.0 Å². The van der Waals surface area contributed by atoms with Crippen LogP contribution < -0.4 is 16.4 Å². The number of benzene rings is 1. The number of fused-ring (bicyclic) bond motifs is 1. The van der Waals surface area contributed by atoms with Crippen LogP contribution in [0, 0.1) is 0 Å². The first kappa shape index (κ1) is 24.0. The van der Waals surface area contributed by atoms with E-state index in [0.29, 0.717) is 29.7 Å². The molecule has 4 heterocycles. The van der Waals surface area contributed by atoms with E-state index >= 15 is 0 Å². The number of nitrogens with zero attached hydrogens (tertiary/aromatic N) is 4. The minimum atomic E-state index is -3.46. The lowest BCUT2D eigenvalue weighted by Gasteiger charge is -2.27. The lowest BCUT2D eigenvalue weighted by atomic mass is 9.92. The van der Waals surface area contributed by atoms with Crippen LogP contribution in [0.4, 0.5) is 17.2 Å². The average Bonchev–Trinajstić information content (AvgIpc) is 3.67. The van der Waals surface area contributed by atoms with Crippen LogP contribution in [-0.4, -0.2) is 52.5 Å². The summed E-state index contributed by atoms with van der Waals surface area (Å²) in [5.74, 6) is 0.728. The largest absolute Gasteiger partial charge is 0.472 e. The van der Waals surface area contributed by atoms with Crippen molar-refractivity contribution in [1.29, 1.82) is 0 Å². The Morgan fingerprint density at radius 2 is 1.78 bits per heavy atom. The van der Waals surface area contributed by atoms with E-state index in [9.17, 15) is 8.42 Å². The first-order valence-corrected chi connectivity index (χ1v) is 14.2. The van der Waals surface area contributed by atoms with Crippen LogP contribution in [0.5, 0.6) is 0 Å². The van der Waals surface area contributed by atoms with Gasteiger partial charge in [-0.05, 0) is 68.9 Å². The van der Waals surface area contributed by atoms with E-state index in [4.69, 9.17) is 15.2 Å². The molecule has 4 N–H and O–H groups in total. The quantitative estimate of drug-likeness (QED) is 0.330. The zero-order valence-corrected chi connectivity index (χ0v) is 21.3. The lowest BCUT2D eigenvalue weighted by Crippen LogP contribution is -2.33. The molecule has 0 bridgehead atoms. The molecule has 1 aliphatic carbocycles. The van der Waals surface area contributed by atoms with Crippen molar-refractivity contribution >= 4 is 32.9 Å². The maximum absolute atomic E-state index is 12.9. The number of imidazole rings is 1. The van der Waals surface area contributed by atoms with Gasteiger partial charge in [-0.3, -0.25) is 0 Å². The summed E-state index contributed by atoms with van der Waals surface area (Å²) in [6, 6.07) is 11.3. The van der Waals surface area contributed by atoms with Gasteiger partial charge in [0, 0.05) is 42.5 Å². The smallest absolute Gasteiger partial charge is 0.243 e. The third-order valence-corrected chi connectivity index (χ3v) is 9.16. The second-order valence-corrected chi connectivity index (χ2v) is 11.8. The van der Waals surface area contributed by atoms with Crippen LogP contribution in [0.3, 0.4) is 0 Å². The molecule has 10 nitrogen and oxygen atoms in total. The Morgan fingerprint density at radius 1 is 1.03 bits per heavy atom. The Balaban J connectivity index is 1.32. The van der Waals surface area contributed by atoms with Gasteiger partial charge in [0.25, 0.3) is 0 Å². The molecule has 11 heteroatoms. The van der Waals surface area contributed by atoms with E-state index in [1.165, 1.54) is 0 Å². The fraction of sp³-hybridized carbons (Fsp3) is 0.385. The fourth-order valence-corrected chi connectivity index (χ4v) is 6.67. The van der Waals surface area contributed by atoms with Gasteiger partial charge >= 0.3 is 0 Å². The Kier molecular flexibility index (Phi) is 6.35. The summed E-state index contributed by atoms with van der Waals surface area (Å²) in [6.07, 6.45) is 10.8. The summed E-state index contributed by atoms with van der Waals surface area (Å²) in [6.45, 7) is 1.16. The number of furan rings is 1. The molecule has 4 aromatic rings. The van der Waals surface area contributed by atoms with Crippen molar-refractivity contribution in [3.8, 4) is 11.3 Å². The molecule has 3 aromatic heterocycles. The normalized spacial score (nSPS) is 20.9. The first-order valence-electron chi connectivity index (χ1n) is 12.8. The molecule has 0 unspecified atom stereocenters. The monoisotopic (exact) mass is 521 g/mol. The first-order chi connectivity index (χ1) is 18.0. The van der Waals surface area contributed by atoms with Gasteiger partial charge in [0.05, 0.1) is 35.0 Å². The van der Waals surface area contributed by atoms with Crippen molar-refractivity contribution in [2.45, 2.75) is 55.5 Å². The molecule has 194 valence electrons. The topological polar surface area (TPSA) is 131 Å². The minimum absolute atomic E-state index is 0.268. The summed E-state index contributed by atoms with van der Waals surface area (Å²) in [5, 5.41) is 11.8. The lowest BCUT2D eigenvalue weighted by molar-refractivity contribution is 0.410. The SMILES string of the molecule is NC1CCC(Nc2cc(Nc3ccc(S(=O)(=O)N4CCCC4)cc3)c3ncc(-c4ccoc4)n3n2)CC1. The Bertz CT molecular complexity index is 1470. The molecule has 1 aromatic carbocycles. The molecule has 1 saturated heterocycles. The minimum Gasteiger partial charge on any atom is -0.472 e. The molecule has 0 spiro atoms. The number of nitrogens with two attached hydrogens (primary N) is 1. The number of rotatable bonds is 7. The van der Waals surface area contributed by atoms with Gasteiger partial charge in [-0.15, -0.1) is 5.10 Å². The summed E-state index contributed by atoms with van der Waals surface area (Å²) in [7, 11) is -3.46. The number of hydrogen-bond acceptors (Lipinski definition) is 8. The summed E-state index contributed by atoms with van der Waals surface area (Å²) in [4.78, 5) is 4.93. The van der Waals surface area contributed by atoms with Gasteiger partial charge < -0.3 is 20.8 Å². The predicted octanol–water partition coefficient (Wildman–Crippen LogP) is 4.20. The molecule has 37 heavy (non-hydrogen) atoms. The average molecular weight is 522 g/mol. The van der Waals surface area contributed by atoms with Crippen molar-refractivity contribution in [2.75, 3.05) is 23.7 Å². The maximum atomic E-state index is 12.9. The zero-order chi connectivity index (χ0) is 25.4. The van der Waals surface area contributed by atoms with Crippen molar-refractivity contribution in [1.82, 2.24) is 18.9 Å². The number of anilines is 3.